The molecule has 0 aliphatic carbocycles. The summed E-state index contributed by atoms with van der Waals surface area (Å²) in [6, 6.07) is 16.5. The molecule has 3 aromatic rings. The summed E-state index contributed by atoms with van der Waals surface area (Å²) in [6.07, 6.45) is -2.66. The number of alkyl halides is 3. The van der Waals surface area contributed by atoms with Crippen LogP contribution in [0, 0.1) is 0 Å². The third kappa shape index (κ3) is 5.24. The number of hydrogen-bond acceptors (Lipinski definition) is 2. The Balaban J connectivity index is 1.97. The predicted octanol–water partition coefficient (Wildman–Crippen LogP) is 7.83. The van der Waals surface area contributed by atoms with Gasteiger partial charge in [-0.25, -0.2) is 0 Å². The molecule has 0 aromatic heterocycles. The third-order valence-corrected chi connectivity index (χ3v) is 5.36. The van der Waals surface area contributed by atoms with E-state index < -0.39 is 11.7 Å². The molecule has 0 aliphatic rings. The summed E-state index contributed by atoms with van der Waals surface area (Å²) in [5.74, 6) is 1.01. The smallest absolute Gasteiger partial charge is 0.416 e. The number of halogens is 3. The molecule has 0 aliphatic heterocycles. The van der Waals surface area contributed by atoms with E-state index in [0.717, 1.165) is 28.9 Å². The maximum Gasteiger partial charge on any atom is 0.416 e. The molecule has 0 amide bonds. The van der Waals surface area contributed by atoms with Crippen LogP contribution in [0.4, 0.5) is 18.9 Å². The molecule has 0 N–H and O–H groups in total. The lowest BCUT2D eigenvalue weighted by Crippen LogP contribution is -2.04. The Labute approximate surface area is 188 Å². The van der Waals surface area contributed by atoms with Gasteiger partial charge in [0.25, 0.3) is 0 Å². The summed E-state index contributed by atoms with van der Waals surface area (Å²) in [6.45, 7) is 8.52. The van der Waals surface area contributed by atoms with Crippen molar-refractivity contribution in [1.82, 2.24) is 0 Å². The SMILES string of the molecule is [B]Oc1cc(-c2ccc(C(F)(F)F)cc2)ccc1C=Nc1c(C(C)C)cccc1C(C)C. The summed E-state index contributed by atoms with van der Waals surface area (Å²) in [5.41, 5.74) is 4.57. The lowest BCUT2D eigenvalue weighted by Gasteiger charge is -2.16. The van der Waals surface area contributed by atoms with Gasteiger partial charge in [-0.1, -0.05) is 64.1 Å². The highest BCUT2D eigenvalue weighted by molar-refractivity contribution is 6.01. The fourth-order valence-corrected chi connectivity index (χ4v) is 3.57. The van der Waals surface area contributed by atoms with Crippen molar-refractivity contribution in [1.29, 1.82) is 0 Å². The molecule has 3 rings (SSSR count). The average Bonchev–Trinajstić information content (AvgIpc) is 2.76. The molecule has 0 saturated heterocycles. The highest BCUT2D eigenvalue weighted by atomic mass is 19.4. The van der Waals surface area contributed by atoms with E-state index in [9.17, 15) is 13.2 Å². The van der Waals surface area contributed by atoms with Crippen LogP contribution >= 0.6 is 0 Å². The van der Waals surface area contributed by atoms with Crippen molar-refractivity contribution in [3.05, 3.63) is 82.9 Å². The van der Waals surface area contributed by atoms with Gasteiger partial charge in [0.2, 0.25) is 0 Å². The van der Waals surface area contributed by atoms with Gasteiger partial charge in [-0.15, -0.1) is 0 Å². The van der Waals surface area contributed by atoms with Gasteiger partial charge in [0.05, 0.1) is 11.3 Å². The fourth-order valence-electron chi connectivity index (χ4n) is 3.57. The summed E-state index contributed by atoms with van der Waals surface area (Å²) < 4.78 is 43.5. The second-order valence-corrected chi connectivity index (χ2v) is 8.30. The van der Waals surface area contributed by atoms with Crippen molar-refractivity contribution >= 4 is 20.0 Å². The van der Waals surface area contributed by atoms with E-state index in [4.69, 9.17) is 17.7 Å². The maximum absolute atomic E-state index is 12.8. The highest BCUT2D eigenvalue weighted by Crippen LogP contribution is 2.36. The molecule has 164 valence electrons. The molecular formula is C26H25BF3NO. The van der Waals surface area contributed by atoms with Gasteiger partial charge in [-0.2, -0.15) is 13.2 Å². The minimum atomic E-state index is -4.37. The Morgan fingerprint density at radius 1 is 0.844 bits per heavy atom. The van der Waals surface area contributed by atoms with Crippen LogP contribution in [0.1, 0.15) is 61.8 Å². The van der Waals surface area contributed by atoms with Gasteiger partial charge in [-0.05, 0) is 58.4 Å². The van der Waals surface area contributed by atoms with E-state index in [1.165, 1.54) is 12.1 Å². The van der Waals surface area contributed by atoms with Crippen molar-refractivity contribution < 1.29 is 17.8 Å². The van der Waals surface area contributed by atoms with Crippen molar-refractivity contribution in [3.8, 4) is 16.9 Å². The normalized spacial score (nSPS) is 12.2. The molecule has 0 unspecified atom stereocenters. The number of hydrogen-bond donors (Lipinski definition) is 0. The first-order valence-corrected chi connectivity index (χ1v) is 10.5. The van der Waals surface area contributed by atoms with Gasteiger partial charge in [0.15, 0.2) is 0 Å². The second-order valence-electron chi connectivity index (χ2n) is 8.30. The molecule has 32 heavy (non-hydrogen) atoms. The molecule has 6 heteroatoms. The average molecular weight is 435 g/mol. The molecule has 0 spiro atoms. The lowest BCUT2D eigenvalue weighted by atomic mass is 9.93. The molecule has 0 atom stereocenters. The molecular weight excluding hydrogens is 410 g/mol. The maximum atomic E-state index is 12.8. The standard InChI is InChI=1S/C26H25BF3NO/c1-16(2)22-6-5-7-23(17(3)4)25(22)31-15-20-9-8-19(14-24(20)32-27)18-10-12-21(13-11-18)26(28,29)30/h5-17H,1-4H3. The zero-order valence-electron chi connectivity index (χ0n) is 18.6. The Bertz CT molecular complexity index is 1080. The zero-order valence-corrected chi connectivity index (χ0v) is 18.6. The summed E-state index contributed by atoms with van der Waals surface area (Å²) in [5, 5.41) is 0. The minimum absolute atomic E-state index is 0.313. The number of nitrogens with zero attached hydrogens (tertiary/aromatic N) is 1. The molecule has 3 aromatic carbocycles. The molecule has 0 heterocycles. The van der Waals surface area contributed by atoms with Crippen molar-refractivity contribution in [3.63, 3.8) is 0 Å². The van der Waals surface area contributed by atoms with E-state index >= 15 is 0 Å². The number of rotatable bonds is 6. The zero-order chi connectivity index (χ0) is 23.5. The molecule has 0 fully saturated rings. The molecule has 2 radical (unpaired) electrons. The van der Waals surface area contributed by atoms with Gasteiger partial charge in [0, 0.05) is 11.8 Å². The fraction of sp³-hybridized carbons (Fsp3) is 0.269. The summed E-state index contributed by atoms with van der Waals surface area (Å²) >= 11 is 0. The Morgan fingerprint density at radius 3 is 1.91 bits per heavy atom. The van der Waals surface area contributed by atoms with Gasteiger partial charge < -0.3 is 4.65 Å². The number of aliphatic imine (C=N–C) groups is 1. The first-order chi connectivity index (χ1) is 15.1. The monoisotopic (exact) mass is 435 g/mol. The van der Waals surface area contributed by atoms with Crippen molar-refractivity contribution in [2.45, 2.75) is 45.7 Å². The molecule has 0 saturated carbocycles. The first kappa shape index (κ1) is 23.6. The Hall–Kier alpha value is -3.02. The largest absolute Gasteiger partial charge is 0.567 e. The topological polar surface area (TPSA) is 21.6 Å². The first-order valence-electron chi connectivity index (χ1n) is 10.5. The quantitative estimate of drug-likeness (QED) is 0.286. The van der Waals surface area contributed by atoms with E-state index in [1.807, 2.05) is 6.07 Å². The van der Waals surface area contributed by atoms with Crippen LogP contribution in [0.15, 0.2) is 65.7 Å². The Kier molecular flexibility index (Phi) is 7.12. The van der Waals surface area contributed by atoms with Gasteiger partial charge >= 0.3 is 14.2 Å². The number of para-hydroxylation sites is 1. The molecule has 0 bridgehead atoms. The van der Waals surface area contributed by atoms with Crippen LogP contribution in [0.25, 0.3) is 11.1 Å². The highest BCUT2D eigenvalue weighted by Gasteiger charge is 2.30. The van der Waals surface area contributed by atoms with E-state index in [-0.39, 0.29) is 0 Å². The van der Waals surface area contributed by atoms with Gasteiger partial charge in [0.1, 0.15) is 5.75 Å². The summed E-state index contributed by atoms with van der Waals surface area (Å²) in [4.78, 5) is 4.78. The van der Waals surface area contributed by atoms with Gasteiger partial charge in [-0.3, -0.25) is 4.99 Å². The van der Waals surface area contributed by atoms with Crippen LogP contribution in [0.3, 0.4) is 0 Å². The minimum Gasteiger partial charge on any atom is -0.567 e. The van der Waals surface area contributed by atoms with Crippen LogP contribution in [0.2, 0.25) is 0 Å². The van der Waals surface area contributed by atoms with Crippen LogP contribution in [0.5, 0.6) is 5.75 Å². The van der Waals surface area contributed by atoms with E-state index in [0.29, 0.717) is 34.3 Å². The van der Waals surface area contributed by atoms with Crippen molar-refractivity contribution in [2.24, 2.45) is 4.99 Å². The lowest BCUT2D eigenvalue weighted by molar-refractivity contribution is -0.137. The summed E-state index contributed by atoms with van der Waals surface area (Å²) in [7, 11) is 5.49. The van der Waals surface area contributed by atoms with E-state index in [2.05, 4.69) is 45.9 Å². The van der Waals surface area contributed by atoms with Crippen LogP contribution in [-0.4, -0.2) is 14.3 Å². The second kappa shape index (κ2) is 9.64. The van der Waals surface area contributed by atoms with Crippen molar-refractivity contribution in [2.75, 3.05) is 0 Å². The van der Waals surface area contributed by atoms with E-state index in [1.54, 1.807) is 18.3 Å². The molecule has 2 nitrogen and oxygen atoms in total. The third-order valence-electron chi connectivity index (χ3n) is 5.36. The Morgan fingerprint density at radius 2 is 1.41 bits per heavy atom. The van der Waals surface area contributed by atoms with Crippen LogP contribution in [-0.2, 0) is 6.18 Å². The predicted molar refractivity (Wildman–Crippen MR) is 125 cm³/mol. The van der Waals surface area contributed by atoms with Crippen LogP contribution < -0.4 is 4.65 Å². The number of benzene rings is 3.